The number of rotatable bonds is 6. The topological polar surface area (TPSA) is 65.8 Å². The average molecular weight is 393 g/mol. The molecule has 1 aromatic rings. The largest absolute Gasteiger partial charge is 0.482 e. The molecule has 0 unspecified atom stereocenters. The zero-order valence-electron chi connectivity index (χ0n) is 18.7. The number of likely N-dealkylation sites (tertiary alicyclic amines) is 1. The van der Waals surface area contributed by atoms with Crippen LogP contribution in [0.25, 0.3) is 0 Å². The molecule has 0 aromatic carbocycles. The molecule has 158 valence electrons. The molecule has 0 N–H and O–H groups in total. The number of hydrogen-bond acceptors (Lipinski definition) is 5. The van der Waals surface area contributed by atoms with E-state index in [2.05, 4.69) is 5.10 Å². The van der Waals surface area contributed by atoms with Crippen LogP contribution in [-0.2, 0) is 15.9 Å². The van der Waals surface area contributed by atoms with Crippen LogP contribution >= 0.6 is 0 Å². The van der Waals surface area contributed by atoms with Gasteiger partial charge in [0.1, 0.15) is 11.2 Å². The number of piperidine rings is 1. The lowest BCUT2D eigenvalue weighted by molar-refractivity contribution is -0.0698. The van der Waals surface area contributed by atoms with Gasteiger partial charge in [-0.15, -0.1) is 0 Å². The minimum atomic E-state index is -0.492. The van der Waals surface area contributed by atoms with Gasteiger partial charge >= 0.3 is 6.09 Å². The van der Waals surface area contributed by atoms with E-state index in [0.717, 1.165) is 38.2 Å². The number of hydrogen-bond donors (Lipinski definition) is 0. The molecule has 0 atom stereocenters. The van der Waals surface area contributed by atoms with Crippen molar-refractivity contribution in [2.75, 3.05) is 13.1 Å². The zero-order chi connectivity index (χ0) is 21.2. The van der Waals surface area contributed by atoms with Crippen LogP contribution in [0.2, 0.25) is 0 Å². The van der Waals surface area contributed by atoms with E-state index in [4.69, 9.17) is 14.1 Å². The van der Waals surface area contributed by atoms with Crippen LogP contribution in [0.5, 0.6) is 5.75 Å². The van der Waals surface area contributed by atoms with Crippen LogP contribution in [-0.4, -0.2) is 58.7 Å². The molecule has 0 radical (unpaired) electrons. The summed E-state index contributed by atoms with van der Waals surface area (Å²) in [6.45, 7) is 16.0. The third-order valence-corrected chi connectivity index (χ3v) is 5.65. The molecule has 2 heterocycles. The van der Waals surface area contributed by atoms with E-state index < -0.39 is 16.8 Å². The van der Waals surface area contributed by atoms with Gasteiger partial charge in [-0.1, -0.05) is 0 Å². The Morgan fingerprint density at radius 1 is 1.14 bits per heavy atom. The standard InChI is InChI=1S/C20H36BN3O4/c1-18(2,3)27-17(25)23-10-8-15(9-11-23)13-24-14-16(12-22-24)26-19(4,5)20(6,7)28-21/h12,14-15H,8-11,13,21H2,1-7H3. The van der Waals surface area contributed by atoms with Crippen LogP contribution in [0, 0.1) is 5.92 Å². The van der Waals surface area contributed by atoms with Crippen molar-refractivity contribution in [3.8, 4) is 5.75 Å². The van der Waals surface area contributed by atoms with E-state index >= 15 is 0 Å². The fourth-order valence-corrected chi connectivity index (χ4v) is 3.05. The van der Waals surface area contributed by atoms with E-state index in [-0.39, 0.29) is 6.09 Å². The van der Waals surface area contributed by atoms with Crippen molar-refractivity contribution in [1.82, 2.24) is 14.7 Å². The highest BCUT2D eigenvalue weighted by molar-refractivity contribution is 5.98. The summed E-state index contributed by atoms with van der Waals surface area (Å²) in [4.78, 5) is 14.0. The van der Waals surface area contributed by atoms with Crippen molar-refractivity contribution in [2.24, 2.45) is 5.92 Å². The van der Waals surface area contributed by atoms with Gasteiger partial charge in [0.25, 0.3) is 8.05 Å². The highest BCUT2D eigenvalue weighted by Gasteiger charge is 2.39. The summed E-state index contributed by atoms with van der Waals surface area (Å²) in [5.74, 6) is 1.22. The molecule has 1 aromatic heterocycles. The highest BCUT2D eigenvalue weighted by Crippen LogP contribution is 2.30. The van der Waals surface area contributed by atoms with Crippen molar-refractivity contribution in [1.29, 1.82) is 0 Å². The van der Waals surface area contributed by atoms with E-state index in [1.807, 2.05) is 59.3 Å². The fraction of sp³-hybridized carbons (Fsp3) is 0.800. The molecule has 7 nitrogen and oxygen atoms in total. The third-order valence-electron chi connectivity index (χ3n) is 5.65. The van der Waals surface area contributed by atoms with Gasteiger partial charge in [-0.3, -0.25) is 4.68 Å². The van der Waals surface area contributed by atoms with Crippen LogP contribution in [0.3, 0.4) is 0 Å². The number of aromatic nitrogens is 2. The minimum absolute atomic E-state index is 0.219. The first kappa shape index (κ1) is 22.6. The molecule has 1 aliphatic heterocycles. The maximum Gasteiger partial charge on any atom is 0.410 e. The zero-order valence-corrected chi connectivity index (χ0v) is 18.7. The van der Waals surface area contributed by atoms with Crippen molar-refractivity contribution in [3.05, 3.63) is 12.4 Å². The Morgan fingerprint density at radius 3 is 2.29 bits per heavy atom. The second kappa shape index (κ2) is 8.35. The van der Waals surface area contributed by atoms with Gasteiger partial charge < -0.3 is 19.0 Å². The summed E-state index contributed by atoms with van der Waals surface area (Å²) in [6, 6.07) is 0. The van der Waals surface area contributed by atoms with Crippen LogP contribution in [0.15, 0.2) is 12.4 Å². The van der Waals surface area contributed by atoms with Crippen molar-refractivity contribution in [3.63, 3.8) is 0 Å². The molecule has 28 heavy (non-hydrogen) atoms. The molecule has 0 aliphatic carbocycles. The van der Waals surface area contributed by atoms with Crippen LogP contribution in [0.4, 0.5) is 4.79 Å². The molecule has 2 rings (SSSR count). The lowest BCUT2D eigenvalue weighted by Crippen LogP contribution is -2.51. The van der Waals surface area contributed by atoms with Gasteiger partial charge in [-0.2, -0.15) is 5.10 Å². The molecule has 0 bridgehead atoms. The predicted octanol–water partition coefficient (Wildman–Crippen LogP) is 3.03. The molecule has 0 saturated carbocycles. The summed E-state index contributed by atoms with van der Waals surface area (Å²) < 4.78 is 19.1. The molecule has 1 aliphatic rings. The molecule has 1 amide bonds. The van der Waals surface area contributed by atoms with Gasteiger partial charge in [-0.25, -0.2) is 4.79 Å². The van der Waals surface area contributed by atoms with Gasteiger partial charge in [0, 0.05) is 19.6 Å². The van der Waals surface area contributed by atoms with Gasteiger partial charge in [0.05, 0.1) is 18.0 Å². The first-order valence-electron chi connectivity index (χ1n) is 10.1. The monoisotopic (exact) mass is 393 g/mol. The Kier molecular flexibility index (Phi) is 6.74. The normalized spacial score (nSPS) is 16.9. The number of nitrogens with zero attached hydrogens (tertiary/aromatic N) is 3. The Morgan fingerprint density at radius 2 is 1.75 bits per heavy atom. The molecular formula is C20H36BN3O4. The summed E-state index contributed by atoms with van der Waals surface area (Å²) >= 11 is 0. The Labute approximate surface area is 170 Å². The number of amides is 1. The summed E-state index contributed by atoms with van der Waals surface area (Å²) in [5.41, 5.74) is -1.37. The SMILES string of the molecule is BOC(C)(C)C(C)(C)Oc1cnn(CC2CCN(C(=O)OC(C)(C)C)CC2)c1. The number of carbonyl (C=O) groups excluding carboxylic acids is 1. The second-order valence-corrected chi connectivity index (χ2v) is 9.64. The Balaban J connectivity index is 1.86. The molecule has 8 heteroatoms. The summed E-state index contributed by atoms with van der Waals surface area (Å²) in [6.07, 6.45) is 5.36. The summed E-state index contributed by atoms with van der Waals surface area (Å²) in [7, 11) is 1.69. The summed E-state index contributed by atoms with van der Waals surface area (Å²) in [5, 5.41) is 4.45. The third kappa shape index (κ3) is 5.90. The fourth-order valence-electron chi connectivity index (χ4n) is 3.05. The first-order valence-corrected chi connectivity index (χ1v) is 10.1. The lowest BCUT2D eigenvalue weighted by Gasteiger charge is -2.40. The Bertz CT molecular complexity index is 659. The highest BCUT2D eigenvalue weighted by atomic mass is 16.6. The number of ether oxygens (including phenoxy) is 2. The van der Waals surface area contributed by atoms with Gasteiger partial charge in [-0.05, 0) is 67.2 Å². The number of carbonyl (C=O) groups is 1. The van der Waals surface area contributed by atoms with Gasteiger partial charge in [0.15, 0.2) is 5.75 Å². The maximum absolute atomic E-state index is 12.2. The Hall–Kier alpha value is -1.70. The van der Waals surface area contributed by atoms with E-state index in [0.29, 0.717) is 5.92 Å². The van der Waals surface area contributed by atoms with E-state index in [1.165, 1.54) is 0 Å². The smallest absolute Gasteiger partial charge is 0.410 e. The van der Waals surface area contributed by atoms with Gasteiger partial charge in [0.2, 0.25) is 0 Å². The molecule has 1 fully saturated rings. The second-order valence-electron chi connectivity index (χ2n) is 9.64. The van der Waals surface area contributed by atoms with Crippen LogP contribution in [0.1, 0.15) is 61.3 Å². The maximum atomic E-state index is 12.2. The lowest BCUT2D eigenvalue weighted by atomic mass is 9.88. The van der Waals surface area contributed by atoms with E-state index in [1.54, 1.807) is 19.1 Å². The van der Waals surface area contributed by atoms with Crippen LogP contribution < -0.4 is 4.74 Å². The first-order chi connectivity index (χ1) is 12.8. The van der Waals surface area contributed by atoms with Crippen molar-refractivity contribution < 1.29 is 18.9 Å². The van der Waals surface area contributed by atoms with Crippen molar-refractivity contribution >= 4 is 14.1 Å². The van der Waals surface area contributed by atoms with E-state index in [9.17, 15) is 4.79 Å². The molecule has 0 spiro atoms. The minimum Gasteiger partial charge on any atom is -0.482 e. The van der Waals surface area contributed by atoms with Crippen molar-refractivity contribution in [2.45, 2.75) is 84.7 Å². The average Bonchev–Trinajstić information content (AvgIpc) is 3.00. The predicted molar refractivity (Wildman–Crippen MR) is 111 cm³/mol. The molecular weight excluding hydrogens is 357 g/mol. The molecule has 1 saturated heterocycles. The quantitative estimate of drug-likeness (QED) is 0.695.